The van der Waals surface area contributed by atoms with E-state index >= 15 is 0 Å². The summed E-state index contributed by atoms with van der Waals surface area (Å²) in [6.45, 7) is 6.22. The summed E-state index contributed by atoms with van der Waals surface area (Å²) in [5, 5.41) is 15.0. The highest BCUT2D eigenvalue weighted by Crippen LogP contribution is 2.17. The average Bonchev–Trinajstić information content (AvgIpc) is 2.36. The maximum atomic E-state index is 8.68. The number of oxime groups is 1. The van der Waals surface area contributed by atoms with Gasteiger partial charge in [0.2, 0.25) is 0 Å². The summed E-state index contributed by atoms with van der Waals surface area (Å²) in [5.41, 5.74) is 9.22. The van der Waals surface area contributed by atoms with Gasteiger partial charge in [-0.05, 0) is 43.0 Å². The van der Waals surface area contributed by atoms with E-state index in [-0.39, 0.29) is 11.9 Å². The number of anilines is 1. The van der Waals surface area contributed by atoms with E-state index in [0.29, 0.717) is 0 Å². The van der Waals surface area contributed by atoms with Crippen LogP contribution in [-0.2, 0) is 6.42 Å². The number of amidine groups is 1. The first kappa shape index (κ1) is 13.4. The van der Waals surface area contributed by atoms with Crippen LogP contribution in [0.25, 0.3) is 0 Å². The minimum absolute atomic E-state index is 0.132. The Morgan fingerprint density at radius 1 is 1.47 bits per heavy atom. The van der Waals surface area contributed by atoms with E-state index in [1.54, 1.807) is 0 Å². The molecule has 0 aliphatic heterocycles. The van der Waals surface area contributed by atoms with Gasteiger partial charge in [-0.3, -0.25) is 0 Å². The van der Waals surface area contributed by atoms with E-state index in [1.165, 1.54) is 11.1 Å². The highest BCUT2D eigenvalue weighted by Gasteiger charge is 2.11. The number of aryl methyl sites for hydroxylation is 2. The first-order chi connectivity index (χ1) is 8.12. The van der Waals surface area contributed by atoms with Crippen LogP contribution in [0.15, 0.2) is 23.4 Å². The molecule has 4 N–H and O–H groups in total. The van der Waals surface area contributed by atoms with Gasteiger partial charge in [0, 0.05) is 5.69 Å². The highest BCUT2D eigenvalue weighted by molar-refractivity contribution is 5.87. The molecule has 94 valence electrons. The highest BCUT2D eigenvalue weighted by atomic mass is 16.4. The van der Waals surface area contributed by atoms with E-state index in [0.717, 1.165) is 18.5 Å². The van der Waals surface area contributed by atoms with Crippen LogP contribution >= 0.6 is 0 Å². The Kier molecular flexibility index (Phi) is 4.82. The van der Waals surface area contributed by atoms with Crippen LogP contribution in [0.2, 0.25) is 0 Å². The fraction of sp³-hybridized carbons (Fsp3) is 0.462. The van der Waals surface area contributed by atoms with E-state index < -0.39 is 0 Å². The second kappa shape index (κ2) is 6.13. The zero-order chi connectivity index (χ0) is 12.8. The van der Waals surface area contributed by atoms with Crippen molar-refractivity contribution in [2.75, 3.05) is 5.32 Å². The molecule has 1 atom stereocenters. The van der Waals surface area contributed by atoms with Gasteiger partial charge in [-0.25, -0.2) is 0 Å². The second-order valence-electron chi connectivity index (χ2n) is 4.12. The van der Waals surface area contributed by atoms with E-state index in [9.17, 15) is 0 Å². The number of nitrogens with zero attached hydrogens (tertiary/aromatic N) is 1. The number of nitrogens with one attached hydrogen (secondary N) is 1. The minimum atomic E-state index is -0.132. The third kappa shape index (κ3) is 3.37. The van der Waals surface area contributed by atoms with Crippen molar-refractivity contribution in [3.8, 4) is 0 Å². The minimum Gasteiger partial charge on any atom is -0.409 e. The molecule has 1 aromatic carbocycles. The van der Waals surface area contributed by atoms with E-state index in [2.05, 4.69) is 36.5 Å². The third-order valence-electron chi connectivity index (χ3n) is 2.95. The van der Waals surface area contributed by atoms with Crippen LogP contribution in [0.3, 0.4) is 0 Å². The Hall–Kier alpha value is -1.71. The molecule has 0 spiro atoms. The molecule has 1 rings (SSSR count). The van der Waals surface area contributed by atoms with Gasteiger partial charge in [-0.2, -0.15) is 0 Å². The normalized spacial score (nSPS) is 13.5. The first-order valence-corrected chi connectivity index (χ1v) is 5.95. The largest absolute Gasteiger partial charge is 0.409 e. The molecular weight excluding hydrogens is 214 g/mol. The number of hydrogen-bond donors (Lipinski definition) is 3. The summed E-state index contributed by atoms with van der Waals surface area (Å²) in [6.07, 6.45) is 1.77. The SMILES string of the molecule is CCc1cc(NC(CC)/C(N)=N/O)ccc1C. The third-order valence-corrected chi connectivity index (χ3v) is 2.95. The predicted octanol–water partition coefficient (Wildman–Crippen LogP) is 2.49. The molecular formula is C13H21N3O. The molecule has 1 aromatic rings. The van der Waals surface area contributed by atoms with Crippen molar-refractivity contribution >= 4 is 11.5 Å². The van der Waals surface area contributed by atoms with Crippen molar-refractivity contribution in [3.05, 3.63) is 29.3 Å². The number of rotatable bonds is 5. The van der Waals surface area contributed by atoms with Crippen molar-refractivity contribution in [3.63, 3.8) is 0 Å². The smallest absolute Gasteiger partial charge is 0.161 e. The lowest BCUT2D eigenvalue weighted by atomic mass is 10.1. The fourth-order valence-corrected chi connectivity index (χ4v) is 1.80. The topological polar surface area (TPSA) is 70.6 Å². The molecule has 0 saturated carbocycles. The molecule has 0 aromatic heterocycles. The maximum absolute atomic E-state index is 8.68. The molecule has 0 amide bonds. The van der Waals surface area contributed by atoms with Gasteiger partial charge in [0.05, 0.1) is 6.04 Å². The second-order valence-corrected chi connectivity index (χ2v) is 4.12. The monoisotopic (exact) mass is 235 g/mol. The molecule has 0 aliphatic carbocycles. The Morgan fingerprint density at radius 2 is 2.18 bits per heavy atom. The van der Waals surface area contributed by atoms with Gasteiger partial charge in [0.25, 0.3) is 0 Å². The van der Waals surface area contributed by atoms with Gasteiger partial charge in [-0.15, -0.1) is 0 Å². The lowest BCUT2D eigenvalue weighted by Crippen LogP contribution is -2.35. The van der Waals surface area contributed by atoms with Gasteiger partial charge in [0.15, 0.2) is 5.84 Å². The van der Waals surface area contributed by atoms with E-state index in [1.807, 2.05) is 13.0 Å². The van der Waals surface area contributed by atoms with Crippen molar-refractivity contribution < 1.29 is 5.21 Å². The van der Waals surface area contributed by atoms with E-state index in [4.69, 9.17) is 10.9 Å². The Bertz CT molecular complexity index is 402. The summed E-state index contributed by atoms with van der Waals surface area (Å²) < 4.78 is 0. The van der Waals surface area contributed by atoms with Crippen LogP contribution in [0.5, 0.6) is 0 Å². The summed E-state index contributed by atoms with van der Waals surface area (Å²) in [4.78, 5) is 0. The van der Waals surface area contributed by atoms with Crippen LogP contribution < -0.4 is 11.1 Å². The lowest BCUT2D eigenvalue weighted by Gasteiger charge is -2.17. The van der Waals surface area contributed by atoms with Crippen molar-refractivity contribution in [1.29, 1.82) is 0 Å². The molecule has 0 heterocycles. The molecule has 0 bridgehead atoms. The standard InChI is InChI=1S/C13H21N3O/c1-4-10-8-11(7-6-9(10)3)15-12(5-2)13(14)16-17/h6-8,12,15,17H,4-5H2,1-3H3,(H2,14,16). The van der Waals surface area contributed by atoms with Gasteiger partial charge >= 0.3 is 0 Å². The summed E-state index contributed by atoms with van der Waals surface area (Å²) in [6, 6.07) is 6.08. The maximum Gasteiger partial charge on any atom is 0.161 e. The fourth-order valence-electron chi connectivity index (χ4n) is 1.80. The Balaban J connectivity index is 2.87. The molecule has 0 radical (unpaired) electrons. The number of hydrogen-bond acceptors (Lipinski definition) is 3. The molecule has 0 aliphatic rings. The van der Waals surface area contributed by atoms with Gasteiger partial charge in [0.1, 0.15) is 0 Å². The zero-order valence-corrected chi connectivity index (χ0v) is 10.7. The van der Waals surface area contributed by atoms with Crippen molar-refractivity contribution in [2.24, 2.45) is 10.9 Å². The van der Waals surface area contributed by atoms with Gasteiger partial charge < -0.3 is 16.3 Å². The van der Waals surface area contributed by atoms with Crippen molar-refractivity contribution in [1.82, 2.24) is 0 Å². The van der Waals surface area contributed by atoms with Crippen molar-refractivity contribution in [2.45, 2.75) is 39.7 Å². The molecule has 0 saturated heterocycles. The summed E-state index contributed by atoms with van der Waals surface area (Å²) in [7, 11) is 0. The molecule has 17 heavy (non-hydrogen) atoms. The van der Waals surface area contributed by atoms with Crippen LogP contribution in [0, 0.1) is 6.92 Å². The van der Waals surface area contributed by atoms with Crippen LogP contribution in [-0.4, -0.2) is 17.1 Å². The number of benzene rings is 1. The lowest BCUT2D eigenvalue weighted by molar-refractivity contribution is 0.316. The number of nitrogens with two attached hydrogens (primary N) is 1. The molecule has 4 nitrogen and oxygen atoms in total. The zero-order valence-electron chi connectivity index (χ0n) is 10.7. The Morgan fingerprint density at radius 3 is 2.71 bits per heavy atom. The quantitative estimate of drug-likeness (QED) is 0.318. The first-order valence-electron chi connectivity index (χ1n) is 5.95. The van der Waals surface area contributed by atoms with Crippen LogP contribution in [0.1, 0.15) is 31.4 Å². The Labute approximate surface area is 103 Å². The predicted molar refractivity (Wildman–Crippen MR) is 71.7 cm³/mol. The molecule has 0 fully saturated rings. The molecule has 1 unspecified atom stereocenters. The average molecular weight is 235 g/mol. The van der Waals surface area contributed by atoms with Crippen LogP contribution in [0.4, 0.5) is 5.69 Å². The molecule has 4 heteroatoms. The summed E-state index contributed by atoms with van der Waals surface area (Å²) in [5.74, 6) is 0.214. The van der Waals surface area contributed by atoms with Gasteiger partial charge in [-0.1, -0.05) is 25.1 Å². The summed E-state index contributed by atoms with van der Waals surface area (Å²) >= 11 is 0.